The number of carbonyl (C=O) groups is 1. The number of aryl methyl sites for hydroxylation is 1. The summed E-state index contributed by atoms with van der Waals surface area (Å²) in [6.45, 7) is 2.07. The smallest absolute Gasteiger partial charge is 0.280 e. The van der Waals surface area contributed by atoms with E-state index < -0.39 is 0 Å². The van der Waals surface area contributed by atoms with Crippen molar-refractivity contribution in [3.8, 4) is 0 Å². The fourth-order valence-electron chi connectivity index (χ4n) is 2.09. The lowest BCUT2D eigenvalue weighted by molar-refractivity contribution is 0.0925. The number of amides is 1. The van der Waals surface area contributed by atoms with E-state index in [9.17, 15) is 4.79 Å². The zero-order valence-corrected chi connectivity index (χ0v) is 10.9. The quantitative estimate of drug-likeness (QED) is 0.861. The van der Waals surface area contributed by atoms with Crippen LogP contribution in [0.15, 0.2) is 6.20 Å². The number of hydrogen-bond donors (Lipinski definition) is 2. The van der Waals surface area contributed by atoms with Crippen LogP contribution in [0.25, 0.3) is 0 Å². The first-order valence-electron chi connectivity index (χ1n) is 6.20. The summed E-state index contributed by atoms with van der Waals surface area (Å²) in [6.07, 6.45) is 6.70. The number of thiazole rings is 1. The highest BCUT2D eigenvalue weighted by atomic mass is 32.1. The number of nitrogens with one attached hydrogen (secondary N) is 1. The molecule has 94 valence electrons. The molecule has 0 radical (unpaired) electrons. The molecule has 1 aliphatic carbocycles. The number of aromatic nitrogens is 1. The second-order valence-corrected chi connectivity index (χ2v) is 5.69. The third kappa shape index (κ3) is 3.26. The van der Waals surface area contributed by atoms with Crippen LogP contribution in [-0.2, 0) is 6.42 Å². The Morgan fingerprint density at radius 1 is 1.53 bits per heavy atom. The molecule has 5 heteroatoms. The molecule has 17 heavy (non-hydrogen) atoms. The molecule has 1 fully saturated rings. The van der Waals surface area contributed by atoms with Crippen LogP contribution in [-0.4, -0.2) is 23.0 Å². The number of hydrogen-bond acceptors (Lipinski definition) is 4. The fraction of sp³-hybridized carbons (Fsp3) is 0.667. The number of nitrogens with two attached hydrogens (primary N) is 1. The van der Waals surface area contributed by atoms with Crippen molar-refractivity contribution >= 4 is 17.2 Å². The Labute approximate surface area is 106 Å². The van der Waals surface area contributed by atoms with E-state index >= 15 is 0 Å². The van der Waals surface area contributed by atoms with Gasteiger partial charge in [-0.3, -0.25) is 4.79 Å². The van der Waals surface area contributed by atoms with Crippen molar-refractivity contribution in [1.82, 2.24) is 10.3 Å². The van der Waals surface area contributed by atoms with Crippen molar-refractivity contribution in [2.45, 2.75) is 51.1 Å². The largest absolute Gasteiger partial charge is 0.347 e. The van der Waals surface area contributed by atoms with Gasteiger partial charge in [-0.25, -0.2) is 4.98 Å². The van der Waals surface area contributed by atoms with Crippen molar-refractivity contribution < 1.29 is 4.79 Å². The van der Waals surface area contributed by atoms with Crippen LogP contribution < -0.4 is 11.1 Å². The summed E-state index contributed by atoms with van der Waals surface area (Å²) in [5.41, 5.74) is 5.84. The van der Waals surface area contributed by atoms with E-state index in [1.54, 1.807) is 6.20 Å². The summed E-state index contributed by atoms with van der Waals surface area (Å²) in [5.74, 6) is -0.0322. The number of rotatable bonds is 3. The van der Waals surface area contributed by atoms with Crippen molar-refractivity contribution in [2.75, 3.05) is 0 Å². The molecule has 0 aliphatic heterocycles. The molecule has 2 rings (SSSR count). The number of carbonyl (C=O) groups excluding carboxylic acids is 1. The van der Waals surface area contributed by atoms with Crippen LogP contribution in [0.4, 0.5) is 0 Å². The Bertz CT molecular complexity index is 383. The SMILES string of the molecule is CCc1cnc(C(=O)NC2CCC(N)CC2)s1. The summed E-state index contributed by atoms with van der Waals surface area (Å²) in [6, 6.07) is 0.589. The first kappa shape index (κ1) is 12.5. The Hall–Kier alpha value is -0.940. The van der Waals surface area contributed by atoms with E-state index in [1.165, 1.54) is 11.3 Å². The summed E-state index contributed by atoms with van der Waals surface area (Å²) in [7, 11) is 0. The van der Waals surface area contributed by atoms with Gasteiger partial charge < -0.3 is 11.1 Å². The van der Waals surface area contributed by atoms with E-state index in [1.807, 2.05) is 0 Å². The Balaban J connectivity index is 1.88. The topological polar surface area (TPSA) is 68.0 Å². The molecule has 0 saturated heterocycles. The van der Waals surface area contributed by atoms with Gasteiger partial charge in [0, 0.05) is 23.2 Å². The lowest BCUT2D eigenvalue weighted by Gasteiger charge is -2.26. The Kier molecular flexibility index (Phi) is 4.12. The predicted molar refractivity (Wildman–Crippen MR) is 69.2 cm³/mol. The van der Waals surface area contributed by atoms with Gasteiger partial charge >= 0.3 is 0 Å². The lowest BCUT2D eigenvalue weighted by Crippen LogP contribution is -2.40. The molecular weight excluding hydrogens is 234 g/mol. The third-order valence-electron chi connectivity index (χ3n) is 3.20. The maximum absolute atomic E-state index is 11.9. The van der Waals surface area contributed by atoms with Crippen LogP contribution in [0.3, 0.4) is 0 Å². The minimum atomic E-state index is -0.0322. The van der Waals surface area contributed by atoms with Gasteiger partial charge in [-0.1, -0.05) is 6.92 Å². The molecule has 0 unspecified atom stereocenters. The summed E-state index contributed by atoms with van der Waals surface area (Å²) >= 11 is 1.48. The second-order valence-electron chi connectivity index (χ2n) is 4.57. The highest BCUT2D eigenvalue weighted by Gasteiger charge is 2.21. The summed E-state index contributed by atoms with van der Waals surface area (Å²) in [4.78, 5) is 17.2. The number of nitrogens with zero attached hydrogens (tertiary/aromatic N) is 1. The Morgan fingerprint density at radius 2 is 2.24 bits per heavy atom. The molecule has 0 bridgehead atoms. The average molecular weight is 253 g/mol. The van der Waals surface area contributed by atoms with E-state index in [0.717, 1.165) is 37.0 Å². The molecule has 3 N–H and O–H groups in total. The Morgan fingerprint density at radius 3 is 2.82 bits per heavy atom. The van der Waals surface area contributed by atoms with Crippen molar-refractivity contribution in [1.29, 1.82) is 0 Å². The first-order chi connectivity index (χ1) is 8.19. The fourth-order valence-corrected chi connectivity index (χ4v) is 2.84. The molecule has 0 spiro atoms. The third-order valence-corrected chi connectivity index (χ3v) is 4.34. The van der Waals surface area contributed by atoms with E-state index in [2.05, 4.69) is 17.2 Å². The maximum Gasteiger partial charge on any atom is 0.280 e. The van der Waals surface area contributed by atoms with Crippen LogP contribution in [0, 0.1) is 0 Å². The van der Waals surface area contributed by atoms with Gasteiger partial charge in [0.25, 0.3) is 5.91 Å². The monoisotopic (exact) mass is 253 g/mol. The van der Waals surface area contributed by atoms with Gasteiger partial charge in [0.1, 0.15) is 0 Å². The normalized spacial score (nSPS) is 24.6. The van der Waals surface area contributed by atoms with E-state index in [0.29, 0.717) is 11.0 Å². The van der Waals surface area contributed by atoms with Gasteiger partial charge in [0.15, 0.2) is 5.01 Å². The first-order valence-corrected chi connectivity index (χ1v) is 7.02. The standard InChI is InChI=1S/C12H19N3OS/c1-2-10-7-14-12(17-10)11(16)15-9-5-3-8(13)4-6-9/h7-9H,2-6,13H2,1H3,(H,15,16). The van der Waals surface area contributed by atoms with Crippen LogP contribution in [0.5, 0.6) is 0 Å². The molecule has 1 saturated carbocycles. The summed E-state index contributed by atoms with van der Waals surface area (Å²) < 4.78 is 0. The van der Waals surface area contributed by atoms with Gasteiger partial charge in [-0.15, -0.1) is 11.3 Å². The van der Waals surface area contributed by atoms with Gasteiger partial charge in [-0.2, -0.15) is 0 Å². The minimum absolute atomic E-state index is 0.0322. The van der Waals surface area contributed by atoms with Crippen molar-refractivity contribution in [3.05, 3.63) is 16.1 Å². The second kappa shape index (κ2) is 5.60. The zero-order chi connectivity index (χ0) is 12.3. The van der Waals surface area contributed by atoms with Crippen LogP contribution >= 0.6 is 11.3 Å². The zero-order valence-electron chi connectivity index (χ0n) is 10.1. The van der Waals surface area contributed by atoms with Gasteiger partial charge in [0.2, 0.25) is 0 Å². The van der Waals surface area contributed by atoms with E-state index in [4.69, 9.17) is 5.73 Å². The molecule has 1 aromatic rings. The molecule has 1 amide bonds. The summed E-state index contributed by atoms with van der Waals surface area (Å²) in [5, 5.41) is 3.63. The molecule has 1 aliphatic rings. The highest BCUT2D eigenvalue weighted by molar-refractivity contribution is 7.13. The van der Waals surface area contributed by atoms with Gasteiger partial charge in [-0.05, 0) is 32.1 Å². The molecule has 0 atom stereocenters. The molecule has 1 heterocycles. The molecule has 4 nitrogen and oxygen atoms in total. The van der Waals surface area contributed by atoms with Crippen molar-refractivity contribution in [2.24, 2.45) is 5.73 Å². The van der Waals surface area contributed by atoms with Crippen LogP contribution in [0.1, 0.15) is 47.3 Å². The van der Waals surface area contributed by atoms with E-state index in [-0.39, 0.29) is 11.9 Å². The molecule has 1 aromatic heterocycles. The average Bonchev–Trinajstić information content (AvgIpc) is 2.81. The molecule has 0 aromatic carbocycles. The highest BCUT2D eigenvalue weighted by Crippen LogP contribution is 2.18. The maximum atomic E-state index is 11.9. The lowest BCUT2D eigenvalue weighted by atomic mass is 9.92. The van der Waals surface area contributed by atoms with Crippen molar-refractivity contribution in [3.63, 3.8) is 0 Å². The van der Waals surface area contributed by atoms with Gasteiger partial charge in [0.05, 0.1) is 0 Å². The predicted octanol–water partition coefficient (Wildman–Crippen LogP) is 1.71. The van der Waals surface area contributed by atoms with Crippen LogP contribution in [0.2, 0.25) is 0 Å². The molecular formula is C12H19N3OS. The minimum Gasteiger partial charge on any atom is -0.347 e.